The average molecular weight is 317 g/mol. The topological polar surface area (TPSA) is 76.2 Å². The molecule has 2 aliphatic rings. The highest BCUT2D eigenvalue weighted by atomic mass is 32.2. The zero-order valence-corrected chi connectivity index (χ0v) is 13.0. The molecule has 7 heteroatoms. The summed E-state index contributed by atoms with van der Waals surface area (Å²) in [7, 11) is 0. The monoisotopic (exact) mass is 317 g/mol. The van der Waals surface area contributed by atoms with Gasteiger partial charge >= 0.3 is 0 Å². The number of aromatic nitrogens is 2. The van der Waals surface area contributed by atoms with Crippen LogP contribution in [0.1, 0.15) is 29.0 Å². The second-order valence-electron chi connectivity index (χ2n) is 5.37. The van der Waals surface area contributed by atoms with Crippen LogP contribution in [0.5, 0.6) is 11.5 Å². The van der Waals surface area contributed by atoms with E-state index in [2.05, 4.69) is 15.5 Å². The Labute approximate surface area is 131 Å². The number of nitrogens with zero attached hydrogens (tertiary/aromatic N) is 1. The average Bonchev–Trinajstić information content (AvgIpc) is 3.08. The molecule has 2 aliphatic heterocycles. The zero-order valence-electron chi connectivity index (χ0n) is 12.2. The van der Waals surface area contributed by atoms with E-state index in [1.807, 2.05) is 32.0 Å². The molecular formula is C15H15N3O3S. The van der Waals surface area contributed by atoms with Gasteiger partial charge in [0.2, 0.25) is 12.7 Å². The van der Waals surface area contributed by atoms with Crippen LogP contribution in [0, 0.1) is 6.92 Å². The third-order valence-corrected chi connectivity index (χ3v) is 5.31. The Kier molecular flexibility index (Phi) is 3.04. The summed E-state index contributed by atoms with van der Waals surface area (Å²) in [6.07, 6.45) is 0. The molecule has 0 radical (unpaired) electrons. The largest absolute Gasteiger partial charge is 0.454 e. The normalized spacial score (nSPS) is 22.9. The van der Waals surface area contributed by atoms with E-state index in [0.29, 0.717) is 5.82 Å². The number of carbonyl (C=O) groups excluding carboxylic acids is 1. The van der Waals surface area contributed by atoms with Crippen LogP contribution in [0.4, 0.5) is 5.82 Å². The highest BCUT2D eigenvalue weighted by molar-refractivity contribution is 8.01. The molecule has 0 bridgehead atoms. The van der Waals surface area contributed by atoms with Crippen LogP contribution in [0.2, 0.25) is 0 Å². The van der Waals surface area contributed by atoms with Crippen LogP contribution in [-0.2, 0) is 4.79 Å². The van der Waals surface area contributed by atoms with Crippen LogP contribution in [0.15, 0.2) is 18.2 Å². The van der Waals surface area contributed by atoms with E-state index in [0.717, 1.165) is 28.3 Å². The van der Waals surface area contributed by atoms with Gasteiger partial charge in [-0.05, 0) is 31.5 Å². The van der Waals surface area contributed by atoms with Crippen molar-refractivity contribution in [3.8, 4) is 11.5 Å². The molecule has 0 spiro atoms. The van der Waals surface area contributed by atoms with Crippen LogP contribution in [0.3, 0.4) is 0 Å². The van der Waals surface area contributed by atoms with Crippen LogP contribution < -0.4 is 14.8 Å². The fourth-order valence-electron chi connectivity index (χ4n) is 2.73. The van der Waals surface area contributed by atoms with E-state index >= 15 is 0 Å². The van der Waals surface area contributed by atoms with Gasteiger partial charge < -0.3 is 14.8 Å². The SMILES string of the molecule is Cc1[nH]nc2c1[C@@H](c1ccc3c(c1)OCO3)S[C@@H](C)C(=O)N2. The molecule has 2 N–H and O–H groups in total. The highest BCUT2D eigenvalue weighted by Gasteiger charge is 2.32. The van der Waals surface area contributed by atoms with Gasteiger partial charge in [-0.1, -0.05) is 6.07 Å². The lowest BCUT2D eigenvalue weighted by atomic mass is 10.0. The lowest BCUT2D eigenvalue weighted by Crippen LogP contribution is -2.21. The van der Waals surface area contributed by atoms with Gasteiger partial charge in [0.15, 0.2) is 17.3 Å². The third-order valence-electron chi connectivity index (χ3n) is 3.91. The number of benzene rings is 1. The number of fused-ring (bicyclic) bond motifs is 2. The number of ether oxygens (including phenoxy) is 2. The van der Waals surface area contributed by atoms with Crippen LogP contribution in [0.25, 0.3) is 0 Å². The number of nitrogens with one attached hydrogen (secondary N) is 2. The van der Waals surface area contributed by atoms with Crippen molar-refractivity contribution in [1.29, 1.82) is 0 Å². The van der Waals surface area contributed by atoms with Gasteiger partial charge in [-0.2, -0.15) is 5.10 Å². The van der Waals surface area contributed by atoms with Crippen molar-refractivity contribution in [3.05, 3.63) is 35.0 Å². The van der Waals surface area contributed by atoms with Crippen molar-refractivity contribution in [3.63, 3.8) is 0 Å². The molecule has 22 heavy (non-hydrogen) atoms. The van der Waals surface area contributed by atoms with Crippen LogP contribution in [-0.4, -0.2) is 28.1 Å². The molecule has 2 atom stereocenters. The van der Waals surface area contributed by atoms with Crippen molar-refractivity contribution in [2.45, 2.75) is 24.3 Å². The van der Waals surface area contributed by atoms with Crippen molar-refractivity contribution in [2.75, 3.05) is 12.1 Å². The first-order chi connectivity index (χ1) is 10.6. The zero-order chi connectivity index (χ0) is 15.3. The number of amides is 1. The summed E-state index contributed by atoms with van der Waals surface area (Å²) in [4.78, 5) is 12.1. The molecule has 1 amide bonds. The second-order valence-corrected chi connectivity index (χ2v) is 6.82. The quantitative estimate of drug-likeness (QED) is 0.845. The third kappa shape index (κ3) is 2.04. The highest BCUT2D eigenvalue weighted by Crippen LogP contribution is 2.46. The Bertz CT molecular complexity index is 758. The number of H-pyrrole nitrogens is 1. The summed E-state index contributed by atoms with van der Waals surface area (Å²) in [5.41, 5.74) is 3.05. The molecule has 114 valence electrons. The molecule has 0 fully saturated rings. The van der Waals surface area contributed by atoms with Gasteiger partial charge in [-0.15, -0.1) is 11.8 Å². The minimum Gasteiger partial charge on any atom is -0.454 e. The molecule has 6 nitrogen and oxygen atoms in total. The van der Waals surface area contributed by atoms with E-state index < -0.39 is 0 Å². The Morgan fingerprint density at radius 3 is 3.00 bits per heavy atom. The molecule has 4 rings (SSSR count). The summed E-state index contributed by atoms with van der Waals surface area (Å²) in [5.74, 6) is 2.09. The van der Waals surface area contributed by atoms with Gasteiger partial charge in [0.05, 0.1) is 10.5 Å². The number of aryl methyl sites for hydroxylation is 1. The van der Waals surface area contributed by atoms with Crippen LogP contribution >= 0.6 is 11.8 Å². The van der Waals surface area contributed by atoms with Gasteiger partial charge in [0.25, 0.3) is 0 Å². The molecule has 0 saturated heterocycles. The molecule has 1 aromatic carbocycles. The Morgan fingerprint density at radius 1 is 1.32 bits per heavy atom. The summed E-state index contributed by atoms with van der Waals surface area (Å²) in [5, 5.41) is 9.92. The first-order valence-corrected chi connectivity index (χ1v) is 7.98. The maximum absolute atomic E-state index is 12.1. The molecule has 1 aromatic heterocycles. The summed E-state index contributed by atoms with van der Waals surface area (Å²) >= 11 is 1.61. The van der Waals surface area contributed by atoms with Crippen molar-refractivity contribution in [1.82, 2.24) is 10.2 Å². The maximum Gasteiger partial charge on any atom is 0.238 e. The summed E-state index contributed by atoms with van der Waals surface area (Å²) in [6.45, 7) is 4.13. The smallest absolute Gasteiger partial charge is 0.238 e. The Morgan fingerprint density at radius 2 is 2.14 bits per heavy atom. The number of carbonyl (C=O) groups is 1. The van der Waals surface area contributed by atoms with E-state index in [-0.39, 0.29) is 23.2 Å². The molecule has 0 aliphatic carbocycles. The van der Waals surface area contributed by atoms with Gasteiger partial charge in [-0.25, -0.2) is 0 Å². The molecule has 2 aromatic rings. The Hall–Kier alpha value is -2.15. The number of hydrogen-bond donors (Lipinski definition) is 2. The number of hydrogen-bond acceptors (Lipinski definition) is 5. The van der Waals surface area contributed by atoms with Crippen molar-refractivity contribution in [2.24, 2.45) is 0 Å². The minimum absolute atomic E-state index is 0.0113. The maximum atomic E-state index is 12.1. The number of aromatic amines is 1. The molecular weight excluding hydrogens is 302 g/mol. The predicted octanol–water partition coefficient (Wildman–Crippen LogP) is 2.61. The molecule has 0 unspecified atom stereocenters. The van der Waals surface area contributed by atoms with Gasteiger partial charge in [-0.3, -0.25) is 9.89 Å². The first kappa shape index (κ1) is 13.5. The van der Waals surface area contributed by atoms with Gasteiger partial charge in [0, 0.05) is 11.3 Å². The molecule has 3 heterocycles. The summed E-state index contributed by atoms with van der Waals surface area (Å²) in [6, 6.07) is 5.92. The standard InChI is InChI=1S/C15H15N3O3S/c1-7-12-13(9-3-4-10-11(5-9)21-6-20-10)22-8(2)15(19)16-14(12)18-17-7/h3-5,8,13H,6H2,1-2H3,(H2,16,17,18,19)/t8-,13+/m0/s1. The fraction of sp³-hybridized carbons (Fsp3) is 0.333. The van der Waals surface area contributed by atoms with E-state index in [1.165, 1.54) is 0 Å². The fourth-order valence-corrected chi connectivity index (χ4v) is 4.05. The predicted molar refractivity (Wildman–Crippen MR) is 83.4 cm³/mol. The molecule has 0 saturated carbocycles. The van der Waals surface area contributed by atoms with Crippen molar-refractivity contribution < 1.29 is 14.3 Å². The number of thioether (sulfide) groups is 1. The second kappa shape index (κ2) is 4.95. The van der Waals surface area contributed by atoms with Gasteiger partial charge in [0.1, 0.15) is 0 Å². The Balaban J connectivity index is 1.82. The minimum atomic E-state index is -0.163. The first-order valence-electron chi connectivity index (χ1n) is 7.04. The van der Waals surface area contributed by atoms with E-state index in [1.54, 1.807) is 11.8 Å². The number of anilines is 1. The van der Waals surface area contributed by atoms with E-state index in [9.17, 15) is 4.79 Å². The number of rotatable bonds is 1. The summed E-state index contributed by atoms with van der Waals surface area (Å²) < 4.78 is 10.8. The van der Waals surface area contributed by atoms with Crippen molar-refractivity contribution >= 4 is 23.5 Å². The van der Waals surface area contributed by atoms with E-state index in [4.69, 9.17) is 9.47 Å². The lowest BCUT2D eigenvalue weighted by Gasteiger charge is -2.17. The lowest BCUT2D eigenvalue weighted by molar-refractivity contribution is -0.115.